The molecular weight excluding hydrogens is 342 g/mol. The number of ether oxygens (including phenoxy) is 2. The number of amides is 1. The molecule has 1 amide bonds. The number of hydrogen-bond acceptors (Lipinski definition) is 4. The zero-order chi connectivity index (χ0) is 17.5. The fourth-order valence-corrected chi connectivity index (χ4v) is 2.20. The molecular formula is C16H15ClF2N2O3. The van der Waals surface area contributed by atoms with E-state index in [1.165, 1.54) is 31.5 Å². The fourth-order valence-electron chi connectivity index (χ4n) is 2.03. The van der Waals surface area contributed by atoms with E-state index in [9.17, 15) is 13.6 Å². The summed E-state index contributed by atoms with van der Waals surface area (Å²) in [6, 6.07) is 7.71. The van der Waals surface area contributed by atoms with Gasteiger partial charge in [-0.05, 0) is 36.2 Å². The molecule has 1 heterocycles. The molecule has 0 aliphatic carbocycles. The lowest BCUT2D eigenvalue weighted by atomic mass is 10.1. The number of benzene rings is 1. The molecule has 0 fully saturated rings. The summed E-state index contributed by atoms with van der Waals surface area (Å²) in [6.45, 7) is -2.62. The van der Waals surface area contributed by atoms with E-state index in [0.29, 0.717) is 18.5 Å². The van der Waals surface area contributed by atoms with Crippen LogP contribution in [0.25, 0.3) is 0 Å². The van der Waals surface area contributed by atoms with E-state index in [1.807, 2.05) is 0 Å². The lowest BCUT2D eigenvalue weighted by Crippen LogP contribution is -2.25. The van der Waals surface area contributed by atoms with Crippen LogP contribution < -0.4 is 14.8 Å². The third kappa shape index (κ3) is 5.06. The maximum atomic E-state index is 12.4. The summed E-state index contributed by atoms with van der Waals surface area (Å²) in [6.07, 6.45) is 1.88. The molecule has 0 atom stereocenters. The lowest BCUT2D eigenvalue weighted by Gasteiger charge is -2.12. The molecule has 0 spiro atoms. The van der Waals surface area contributed by atoms with Crippen LogP contribution in [0.2, 0.25) is 5.15 Å². The van der Waals surface area contributed by atoms with Crippen molar-refractivity contribution in [3.63, 3.8) is 0 Å². The van der Waals surface area contributed by atoms with Crippen molar-refractivity contribution in [1.29, 1.82) is 0 Å². The minimum absolute atomic E-state index is 0.0442. The van der Waals surface area contributed by atoms with Gasteiger partial charge in [0.05, 0.1) is 7.11 Å². The number of alkyl halides is 2. The van der Waals surface area contributed by atoms with Gasteiger partial charge in [0.2, 0.25) is 0 Å². The van der Waals surface area contributed by atoms with Gasteiger partial charge in [-0.2, -0.15) is 8.78 Å². The number of aromatic nitrogens is 1. The number of nitrogens with one attached hydrogen (secondary N) is 1. The fraction of sp³-hybridized carbons (Fsp3) is 0.250. The molecule has 24 heavy (non-hydrogen) atoms. The van der Waals surface area contributed by atoms with Gasteiger partial charge < -0.3 is 14.8 Å². The average molecular weight is 357 g/mol. The number of halogens is 3. The Bertz CT molecular complexity index is 713. The van der Waals surface area contributed by atoms with E-state index >= 15 is 0 Å². The first-order valence-electron chi connectivity index (χ1n) is 7.01. The van der Waals surface area contributed by atoms with Crippen molar-refractivity contribution in [2.45, 2.75) is 13.0 Å². The predicted molar refractivity (Wildman–Crippen MR) is 84.9 cm³/mol. The molecule has 8 heteroatoms. The Labute approximate surface area is 142 Å². The normalized spacial score (nSPS) is 10.5. The average Bonchev–Trinajstić information content (AvgIpc) is 2.54. The summed E-state index contributed by atoms with van der Waals surface area (Å²) in [5.74, 6) is -0.122. The highest BCUT2D eigenvalue weighted by Crippen LogP contribution is 2.29. The smallest absolute Gasteiger partial charge is 0.387 e. The van der Waals surface area contributed by atoms with E-state index in [2.05, 4.69) is 15.0 Å². The van der Waals surface area contributed by atoms with Crippen molar-refractivity contribution < 1.29 is 23.0 Å². The van der Waals surface area contributed by atoms with Crippen LogP contribution in [0.1, 0.15) is 15.9 Å². The first kappa shape index (κ1) is 17.9. The highest BCUT2D eigenvalue weighted by molar-refractivity contribution is 6.29. The first-order chi connectivity index (χ1) is 11.5. The van der Waals surface area contributed by atoms with Gasteiger partial charge in [0.1, 0.15) is 5.15 Å². The Morgan fingerprint density at radius 3 is 2.75 bits per heavy atom. The first-order valence-corrected chi connectivity index (χ1v) is 7.39. The molecule has 128 valence electrons. The molecule has 5 nitrogen and oxygen atoms in total. The van der Waals surface area contributed by atoms with Gasteiger partial charge in [0, 0.05) is 18.3 Å². The van der Waals surface area contributed by atoms with Gasteiger partial charge in [-0.3, -0.25) is 4.79 Å². The molecule has 0 saturated heterocycles. The van der Waals surface area contributed by atoms with Crippen molar-refractivity contribution in [1.82, 2.24) is 10.3 Å². The number of carbonyl (C=O) groups is 1. The second kappa shape index (κ2) is 8.44. The minimum Gasteiger partial charge on any atom is -0.493 e. The third-order valence-corrected chi connectivity index (χ3v) is 3.34. The monoisotopic (exact) mass is 356 g/mol. The summed E-state index contributed by atoms with van der Waals surface area (Å²) < 4.78 is 34.2. The number of pyridine rings is 1. The second-order valence-electron chi connectivity index (χ2n) is 4.74. The topological polar surface area (TPSA) is 60.5 Å². The Hall–Kier alpha value is -2.41. The Balaban J connectivity index is 1.95. The number of nitrogens with zero attached hydrogens (tertiary/aromatic N) is 1. The zero-order valence-electron chi connectivity index (χ0n) is 12.8. The van der Waals surface area contributed by atoms with Crippen molar-refractivity contribution in [3.05, 3.63) is 52.8 Å². The highest BCUT2D eigenvalue weighted by atomic mass is 35.5. The van der Waals surface area contributed by atoms with Crippen LogP contribution in [0, 0.1) is 0 Å². The van der Waals surface area contributed by atoms with Gasteiger partial charge in [0.25, 0.3) is 5.91 Å². The molecule has 1 aromatic heterocycles. The maximum absolute atomic E-state index is 12.4. The quantitative estimate of drug-likeness (QED) is 0.773. The maximum Gasteiger partial charge on any atom is 0.387 e. The third-order valence-electron chi connectivity index (χ3n) is 3.13. The zero-order valence-corrected chi connectivity index (χ0v) is 13.5. The standard InChI is InChI=1S/C16H15ClF2N2O3/c1-23-12-3-2-10(8-13(12)24-16(18)19)4-6-21-15(22)11-5-7-20-14(17)9-11/h2-3,5,7-9,16H,4,6H2,1H3,(H,21,22). The summed E-state index contributed by atoms with van der Waals surface area (Å²) in [5, 5.41) is 2.95. The Morgan fingerprint density at radius 1 is 1.29 bits per heavy atom. The number of rotatable bonds is 7. The van der Waals surface area contributed by atoms with Crippen LogP contribution in [0.5, 0.6) is 11.5 Å². The molecule has 2 aromatic rings. The highest BCUT2D eigenvalue weighted by Gasteiger charge is 2.12. The molecule has 0 aliphatic heterocycles. The summed E-state index contributed by atoms with van der Waals surface area (Å²) in [4.78, 5) is 15.8. The van der Waals surface area contributed by atoms with Crippen LogP contribution >= 0.6 is 11.6 Å². The van der Waals surface area contributed by atoms with Crippen molar-refractivity contribution in [3.8, 4) is 11.5 Å². The second-order valence-corrected chi connectivity index (χ2v) is 5.12. The number of methoxy groups -OCH3 is 1. The molecule has 1 aromatic carbocycles. The van der Waals surface area contributed by atoms with Crippen molar-refractivity contribution in [2.24, 2.45) is 0 Å². The summed E-state index contributed by atoms with van der Waals surface area (Å²) in [5.41, 5.74) is 1.12. The summed E-state index contributed by atoms with van der Waals surface area (Å²) in [7, 11) is 1.37. The van der Waals surface area contributed by atoms with Crippen LogP contribution in [0.4, 0.5) is 8.78 Å². The van der Waals surface area contributed by atoms with E-state index in [0.717, 1.165) is 5.56 Å². The van der Waals surface area contributed by atoms with Crippen molar-refractivity contribution in [2.75, 3.05) is 13.7 Å². The molecule has 0 unspecified atom stereocenters. The molecule has 0 radical (unpaired) electrons. The van der Waals surface area contributed by atoms with Crippen molar-refractivity contribution >= 4 is 17.5 Å². The van der Waals surface area contributed by atoms with E-state index in [-0.39, 0.29) is 22.6 Å². The Kier molecular flexibility index (Phi) is 6.31. The van der Waals surface area contributed by atoms with Gasteiger partial charge in [-0.25, -0.2) is 4.98 Å². The molecule has 0 aliphatic rings. The molecule has 1 N–H and O–H groups in total. The number of carbonyl (C=O) groups excluding carboxylic acids is 1. The van der Waals surface area contributed by atoms with Crippen LogP contribution in [0.15, 0.2) is 36.5 Å². The largest absolute Gasteiger partial charge is 0.493 e. The SMILES string of the molecule is COc1ccc(CCNC(=O)c2ccnc(Cl)c2)cc1OC(F)F. The van der Waals surface area contributed by atoms with E-state index < -0.39 is 6.61 Å². The van der Waals surface area contributed by atoms with Gasteiger partial charge in [-0.15, -0.1) is 0 Å². The van der Waals surface area contributed by atoms with E-state index in [4.69, 9.17) is 16.3 Å². The predicted octanol–water partition coefficient (Wildman–Crippen LogP) is 3.32. The Morgan fingerprint density at radius 2 is 2.08 bits per heavy atom. The molecule has 2 rings (SSSR count). The molecule has 0 bridgehead atoms. The molecule has 0 saturated carbocycles. The van der Waals surface area contributed by atoms with Crippen LogP contribution in [0.3, 0.4) is 0 Å². The number of hydrogen-bond donors (Lipinski definition) is 1. The van der Waals surface area contributed by atoms with Crippen LogP contribution in [-0.2, 0) is 6.42 Å². The van der Waals surface area contributed by atoms with Gasteiger partial charge in [-0.1, -0.05) is 17.7 Å². The van der Waals surface area contributed by atoms with Gasteiger partial charge >= 0.3 is 6.61 Å². The lowest BCUT2D eigenvalue weighted by molar-refractivity contribution is -0.0512. The minimum atomic E-state index is -2.94. The van der Waals surface area contributed by atoms with Crippen LogP contribution in [-0.4, -0.2) is 31.2 Å². The van der Waals surface area contributed by atoms with Gasteiger partial charge in [0.15, 0.2) is 11.5 Å². The van der Waals surface area contributed by atoms with E-state index in [1.54, 1.807) is 12.1 Å². The summed E-state index contributed by atoms with van der Waals surface area (Å²) >= 11 is 5.73.